The van der Waals surface area contributed by atoms with Gasteiger partial charge in [-0.25, -0.2) is 4.90 Å². The van der Waals surface area contributed by atoms with E-state index in [0.717, 1.165) is 27.9 Å². The minimum Gasteiger partial charge on any atom is -0.486 e. The van der Waals surface area contributed by atoms with E-state index in [4.69, 9.17) is 9.47 Å². The fraction of sp³-hybridized carbons (Fsp3) is 0.185. The fourth-order valence-electron chi connectivity index (χ4n) is 4.18. The molecule has 0 aliphatic carbocycles. The van der Waals surface area contributed by atoms with E-state index in [-0.39, 0.29) is 11.6 Å². The number of carbonyl (C=O) groups is 2. The van der Waals surface area contributed by atoms with Gasteiger partial charge in [-0.3, -0.25) is 9.59 Å². The van der Waals surface area contributed by atoms with Crippen molar-refractivity contribution in [1.82, 2.24) is 0 Å². The second-order valence-corrected chi connectivity index (χ2v) is 8.33. The Balaban J connectivity index is 1.61. The Morgan fingerprint density at radius 2 is 1.45 bits per heavy atom. The number of amides is 2. The van der Waals surface area contributed by atoms with Gasteiger partial charge in [0.2, 0.25) is 0 Å². The average Bonchev–Trinajstić information content (AvgIpc) is 3.04. The average molecular weight is 440 g/mol. The first-order valence-electron chi connectivity index (χ1n) is 10.9. The minimum absolute atomic E-state index is 0.255. The van der Waals surface area contributed by atoms with Crippen LogP contribution in [0, 0.1) is 20.8 Å². The zero-order valence-corrected chi connectivity index (χ0v) is 18.8. The van der Waals surface area contributed by atoms with Crippen LogP contribution in [0.5, 0.6) is 11.5 Å². The predicted octanol–water partition coefficient (Wildman–Crippen LogP) is 4.78. The van der Waals surface area contributed by atoms with Crippen molar-refractivity contribution in [3.8, 4) is 11.5 Å². The molecule has 0 bridgehead atoms. The van der Waals surface area contributed by atoms with Gasteiger partial charge in [-0.2, -0.15) is 0 Å². The van der Waals surface area contributed by atoms with Crippen LogP contribution in [0.2, 0.25) is 0 Å². The van der Waals surface area contributed by atoms with Crippen molar-refractivity contribution in [2.24, 2.45) is 0 Å². The number of anilines is 2. The second-order valence-electron chi connectivity index (χ2n) is 8.33. The number of ether oxygens (including phenoxy) is 2. The summed E-state index contributed by atoms with van der Waals surface area (Å²) in [5.41, 5.74) is 5.65. The van der Waals surface area contributed by atoms with E-state index < -0.39 is 5.91 Å². The molecule has 6 nitrogen and oxygen atoms in total. The largest absolute Gasteiger partial charge is 0.486 e. The Morgan fingerprint density at radius 1 is 0.758 bits per heavy atom. The number of hydrogen-bond donors (Lipinski definition) is 1. The highest BCUT2D eigenvalue weighted by molar-refractivity contribution is 6.46. The van der Waals surface area contributed by atoms with Crippen LogP contribution in [0.3, 0.4) is 0 Å². The minimum atomic E-state index is -0.410. The van der Waals surface area contributed by atoms with Crippen molar-refractivity contribution in [2.45, 2.75) is 20.8 Å². The standard InChI is InChI=1S/C27H24N2O4/c1-16-4-7-19(8-5-16)28-25-24(21-10-6-17(2)14-18(21)3)26(30)29(27(25)31)20-9-11-22-23(15-20)33-13-12-32-22/h4-11,14-15,28H,12-13H2,1-3H3. The highest BCUT2D eigenvalue weighted by Crippen LogP contribution is 2.39. The number of aryl methyl sites for hydroxylation is 3. The SMILES string of the molecule is Cc1ccc(NC2=C(c3ccc(C)cc3C)C(=O)N(c3ccc4c(c3)OCCO4)C2=O)cc1. The summed E-state index contributed by atoms with van der Waals surface area (Å²) in [7, 11) is 0. The maximum atomic E-state index is 13.7. The first kappa shape index (κ1) is 20.8. The van der Waals surface area contributed by atoms with Gasteiger partial charge in [0, 0.05) is 11.8 Å². The van der Waals surface area contributed by atoms with Crippen LogP contribution < -0.4 is 19.7 Å². The topological polar surface area (TPSA) is 67.9 Å². The van der Waals surface area contributed by atoms with Gasteiger partial charge in [0.1, 0.15) is 18.9 Å². The smallest absolute Gasteiger partial charge is 0.282 e. The number of nitrogens with one attached hydrogen (secondary N) is 1. The quantitative estimate of drug-likeness (QED) is 0.592. The molecule has 0 atom stereocenters. The molecule has 6 heteroatoms. The molecule has 33 heavy (non-hydrogen) atoms. The lowest BCUT2D eigenvalue weighted by molar-refractivity contribution is -0.120. The highest BCUT2D eigenvalue weighted by Gasteiger charge is 2.41. The Morgan fingerprint density at radius 3 is 2.18 bits per heavy atom. The van der Waals surface area contributed by atoms with E-state index in [9.17, 15) is 9.59 Å². The van der Waals surface area contributed by atoms with Gasteiger partial charge in [0.05, 0.1) is 11.3 Å². The molecule has 0 saturated heterocycles. The van der Waals surface area contributed by atoms with Crippen molar-refractivity contribution in [3.63, 3.8) is 0 Å². The Hall–Kier alpha value is -4.06. The molecule has 3 aromatic rings. The molecule has 2 heterocycles. The summed E-state index contributed by atoms with van der Waals surface area (Å²) in [5, 5.41) is 3.21. The first-order chi connectivity index (χ1) is 15.9. The molecule has 1 N–H and O–H groups in total. The van der Waals surface area contributed by atoms with E-state index in [1.54, 1.807) is 18.2 Å². The maximum Gasteiger partial charge on any atom is 0.282 e. The number of nitrogens with zero attached hydrogens (tertiary/aromatic N) is 1. The second kappa shape index (κ2) is 8.13. The summed E-state index contributed by atoms with van der Waals surface area (Å²) < 4.78 is 11.3. The van der Waals surface area contributed by atoms with Gasteiger partial charge in [-0.1, -0.05) is 41.5 Å². The van der Waals surface area contributed by atoms with E-state index in [1.165, 1.54) is 4.90 Å². The summed E-state index contributed by atoms with van der Waals surface area (Å²) in [6.45, 7) is 6.84. The van der Waals surface area contributed by atoms with Gasteiger partial charge in [0.15, 0.2) is 11.5 Å². The maximum absolute atomic E-state index is 13.7. The molecule has 2 aliphatic heterocycles. The Labute approximate surface area is 192 Å². The summed E-state index contributed by atoms with van der Waals surface area (Å²) in [5.74, 6) is 0.336. The number of rotatable bonds is 4. The van der Waals surface area contributed by atoms with Crippen molar-refractivity contribution in [1.29, 1.82) is 0 Å². The normalized spacial score (nSPS) is 15.3. The monoisotopic (exact) mass is 440 g/mol. The molecule has 166 valence electrons. The first-order valence-corrected chi connectivity index (χ1v) is 10.9. The molecule has 0 spiro atoms. The third-order valence-corrected chi connectivity index (χ3v) is 5.84. The summed E-state index contributed by atoms with van der Waals surface area (Å²) in [4.78, 5) is 28.5. The fourth-order valence-corrected chi connectivity index (χ4v) is 4.18. The zero-order valence-electron chi connectivity index (χ0n) is 18.8. The molecule has 2 amide bonds. The van der Waals surface area contributed by atoms with Gasteiger partial charge in [-0.15, -0.1) is 0 Å². The number of benzene rings is 3. The van der Waals surface area contributed by atoms with Gasteiger partial charge >= 0.3 is 0 Å². The molecule has 0 fully saturated rings. The van der Waals surface area contributed by atoms with Crippen LogP contribution in [0.15, 0.2) is 66.4 Å². The van der Waals surface area contributed by atoms with Gasteiger partial charge < -0.3 is 14.8 Å². The van der Waals surface area contributed by atoms with E-state index in [1.807, 2.05) is 63.2 Å². The third-order valence-electron chi connectivity index (χ3n) is 5.84. The van der Waals surface area contributed by atoms with E-state index in [2.05, 4.69) is 5.32 Å². The molecule has 3 aromatic carbocycles. The van der Waals surface area contributed by atoms with Crippen molar-refractivity contribution < 1.29 is 19.1 Å². The lowest BCUT2D eigenvalue weighted by Gasteiger charge is -2.21. The molecule has 2 aliphatic rings. The highest BCUT2D eigenvalue weighted by atomic mass is 16.6. The Bertz CT molecular complexity index is 1310. The number of imide groups is 1. The number of fused-ring (bicyclic) bond motifs is 1. The molecule has 0 unspecified atom stereocenters. The van der Waals surface area contributed by atoms with Crippen LogP contribution in [-0.2, 0) is 9.59 Å². The van der Waals surface area contributed by atoms with Crippen LogP contribution in [-0.4, -0.2) is 25.0 Å². The Kier molecular flexibility index (Phi) is 5.13. The van der Waals surface area contributed by atoms with Crippen LogP contribution in [0.4, 0.5) is 11.4 Å². The van der Waals surface area contributed by atoms with Gasteiger partial charge in [-0.05, 0) is 56.2 Å². The summed E-state index contributed by atoms with van der Waals surface area (Å²) in [6.07, 6.45) is 0. The summed E-state index contributed by atoms with van der Waals surface area (Å²) >= 11 is 0. The zero-order chi connectivity index (χ0) is 23.1. The third kappa shape index (κ3) is 3.74. The van der Waals surface area contributed by atoms with Crippen molar-refractivity contribution in [2.75, 3.05) is 23.4 Å². The van der Waals surface area contributed by atoms with E-state index in [0.29, 0.717) is 36.0 Å². The lowest BCUT2D eigenvalue weighted by atomic mass is 9.97. The van der Waals surface area contributed by atoms with E-state index >= 15 is 0 Å². The molecule has 0 aromatic heterocycles. The number of carbonyl (C=O) groups excluding carboxylic acids is 2. The van der Waals surface area contributed by atoms with Crippen LogP contribution in [0.25, 0.3) is 5.57 Å². The molecular formula is C27H24N2O4. The molecule has 5 rings (SSSR count). The summed E-state index contributed by atoms with van der Waals surface area (Å²) in [6, 6.07) is 18.7. The lowest BCUT2D eigenvalue weighted by Crippen LogP contribution is -2.32. The van der Waals surface area contributed by atoms with Crippen LogP contribution >= 0.6 is 0 Å². The molecular weight excluding hydrogens is 416 g/mol. The van der Waals surface area contributed by atoms with Crippen molar-refractivity contribution >= 4 is 28.8 Å². The van der Waals surface area contributed by atoms with Crippen LogP contribution in [0.1, 0.15) is 22.3 Å². The predicted molar refractivity (Wildman–Crippen MR) is 128 cm³/mol. The molecule has 0 radical (unpaired) electrons. The van der Waals surface area contributed by atoms with Gasteiger partial charge in [0.25, 0.3) is 11.8 Å². The number of hydrogen-bond acceptors (Lipinski definition) is 5. The molecule has 0 saturated carbocycles. The van der Waals surface area contributed by atoms with Crippen molar-refractivity contribution in [3.05, 3.63) is 88.6 Å².